The van der Waals surface area contributed by atoms with Crippen LogP contribution in [0.3, 0.4) is 0 Å². The van der Waals surface area contributed by atoms with Crippen LogP contribution in [0.5, 0.6) is 0 Å². The highest BCUT2D eigenvalue weighted by molar-refractivity contribution is 6.33. The molecule has 19 heavy (non-hydrogen) atoms. The average molecular weight is 278 g/mol. The summed E-state index contributed by atoms with van der Waals surface area (Å²) in [4.78, 5) is 10.3. The van der Waals surface area contributed by atoms with Gasteiger partial charge in [0.2, 0.25) is 0 Å². The van der Waals surface area contributed by atoms with Crippen LogP contribution in [-0.2, 0) is 13.0 Å². The number of aliphatic hydroxyl groups excluding tert-OH is 1. The largest absolute Gasteiger partial charge is 0.392 e. The molecule has 100 valence electrons. The van der Waals surface area contributed by atoms with Crippen molar-refractivity contribution >= 4 is 17.4 Å². The summed E-state index contributed by atoms with van der Waals surface area (Å²) in [7, 11) is 1.95. The molecule has 2 heterocycles. The second kappa shape index (κ2) is 6.50. The Labute approximate surface area is 117 Å². The van der Waals surface area contributed by atoms with Gasteiger partial charge in [0.15, 0.2) is 0 Å². The number of nitrogens with zero attached hydrogens (tertiary/aromatic N) is 3. The van der Waals surface area contributed by atoms with Crippen molar-refractivity contribution in [2.45, 2.75) is 13.0 Å². The molecule has 0 bridgehead atoms. The Morgan fingerprint density at radius 3 is 2.63 bits per heavy atom. The molecular formula is C14H16ClN3O. The normalized spacial score (nSPS) is 10.5. The minimum absolute atomic E-state index is 0.0479. The van der Waals surface area contributed by atoms with Crippen molar-refractivity contribution in [1.29, 1.82) is 0 Å². The van der Waals surface area contributed by atoms with Gasteiger partial charge >= 0.3 is 0 Å². The molecule has 0 aromatic carbocycles. The van der Waals surface area contributed by atoms with Crippen LogP contribution in [0.15, 0.2) is 36.8 Å². The van der Waals surface area contributed by atoms with Crippen molar-refractivity contribution < 1.29 is 5.11 Å². The van der Waals surface area contributed by atoms with Crippen molar-refractivity contribution in [1.82, 2.24) is 9.97 Å². The van der Waals surface area contributed by atoms with E-state index < -0.39 is 0 Å². The zero-order valence-electron chi connectivity index (χ0n) is 10.8. The molecule has 2 aromatic rings. The monoisotopic (exact) mass is 277 g/mol. The quantitative estimate of drug-likeness (QED) is 0.911. The zero-order chi connectivity index (χ0) is 13.7. The van der Waals surface area contributed by atoms with Crippen molar-refractivity contribution in [3.8, 4) is 0 Å². The van der Waals surface area contributed by atoms with E-state index in [1.807, 2.05) is 24.1 Å². The van der Waals surface area contributed by atoms with Gasteiger partial charge in [-0.25, -0.2) is 4.98 Å². The maximum absolute atomic E-state index is 9.03. The Morgan fingerprint density at radius 1 is 1.26 bits per heavy atom. The molecule has 0 saturated carbocycles. The third-order valence-electron chi connectivity index (χ3n) is 2.91. The predicted octanol–water partition coefficient (Wildman–Crippen LogP) is 2.30. The number of hydrogen-bond acceptors (Lipinski definition) is 4. The van der Waals surface area contributed by atoms with E-state index in [1.165, 1.54) is 5.56 Å². The van der Waals surface area contributed by atoms with E-state index in [4.69, 9.17) is 16.7 Å². The Morgan fingerprint density at radius 2 is 2.00 bits per heavy atom. The van der Waals surface area contributed by atoms with Crippen molar-refractivity contribution in [2.75, 3.05) is 18.5 Å². The molecule has 0 spiro atoms. The minimum atomic E-state index is -0.0479. The van der Waals surface area contributed by atoms with E-state index in [0.717, 1.165) is 24.3 Å². The highest BCUT2D eigenvalue weighted by Crippen LogP contribution is 2.23. The topological polar surface area (TPSA) is 49.2 Å². The number of rotatable bonds is 5. The SMILES string of the molecule is CN(CCc1ccncc1)c1ncc(CO)cc1Cl. The highest BCUT2D eigenvalue weighted by atomic mass is 35.5. The number of hydrogen-bond donors (Lipinski definition) is 1. The van der Waals surface area contributed by atoms with E-state index in [-0.39, 0.29) is 6.61 Å². The van der Waals surface area contributed by atoms with Gasteiger partial charge in [0, 0.05) is 32.2 Å². The van der Waals surface area contributed by atoms with Gasteiger partial charge in [-0.05, 0) is 35.7 Å². The molecule has 5 heteroatoms. The van der Waals surface area contributed by atoms with Gasteiger partial charge in [0.1, 0.15) is 5.82 Å². The number of aliphatic hydroxyl groups is 1. The summed E-state index contributed by atoms with van der Waals surface area (Å²) in [6.45, 7) is 0.767. The Kier molecular flexibility index (Phi) is 4.71. The van der Waals surface area contributed by atoms with Crippen molar-refractivity contribution in [2.24, 2.45) is 0 Å². The first-order valence-electron chi connectivity index (χ1n) is 6.06. The lowest BCUT2D eigenvalue weighted by molar-refractivity contribution is 0.281. The van der Waals surface area contributed by atoms with Crippen LogP contribution in [0.2, 0.25) is 5.02 Å². The van der Waals surface area contributed by atoms with Crippen molar-refractivity contribution in [3.05, 3.63) is 52.9 Å². The van der Waals surface area contributed by atoms with Gasteiger partial charge in [-0.3, -0.25) is 4.98 Å². The van der Waals surface area contributed by atoms with E-state index in [9.17, 15) is 0 Å². The van der Waals surface area contributed by atoms with Gasteiger partial charge in [-0.1, -0.05) is 11.6 Å². The summed E-state index contributed by atoms with van der Waals surface area (Å²) < 4.78 is 0. The Hall–Kier alpha value is -1.65. The van der Waals surface area contributed by atoms with Gasteiger partial charge in [-0.15, -0.1) is 0 Å². The van der Waals surface area contributed by atoms with Gasteiger partial charge in [-0.2, -0.15) is 0 Å². The zero-order valence-corrected chi connectivity index (χ0v) is 11.5. The number of halogens is 1. The molecule has 0 aliphatic carbocycles. The molecule has 1 N–H and O–H groups in total. The smallest absolute Gasteiger partial charge is 0.147 e. The lowest BCUT2D eigenvalue weighted by Crippen LogP contribution is -2.21. The predicted molar refractivity (Wildman–Crippen MR) is 76.4 cm³/mol. The second-order valence-electron chi connectivity index (χ2n) is 4.33. The first-order valence-corrected chi connectivity index (χ1v) is 6.44. The molecule has 0 fully saturated rings. The number of likely N-dealkylation sites (N-methyl/N-ethyl adjacent to an activating group) is 1. The van der Waals surface area contributed by atoms with Gasteiger partial charge in [0.25, 0.3) is 0 Å². The maximum atomic E-state index is 9.03. The standard InChI is InChI=1S/C14H16ClN3O/c1-18(7-4-11-2-5-16-6-3-11)14-13(15)8-12(10-19)9-17-14/h2-3,5-6,8-9,19H,4,7,10H2,1H3. The number of anilines is 1. The second-order valence-corrected chi connectivity index (χ2v) is 4.74. The van der Waals surface area contributed by atoms with E-state index in [0.29, 0.717) is 5.02 Å². The molecule has 0 radical (unpaired) electrons. The molecule has 2 aromatic heterocycles. The third kappa shape index (κ3) is 3.66. The average Bonchev–Trinajstić information content (AvgIpc) is 2.45. The fourth-order valence-corrected chi connectivity index (χ4v) is 2.12. The first-order chi connectivity index (χ1) is 9.20. The lowest BCUT2D eigenvalue weighted by Gasteiger charge is -2.19. The number of pyridine rings is 2. The molecule has 4 nitrogen and oxygen atoms in total. The summed E-state index contributed by atoms with van der Waals surface area (Å²) in [6, 6.07) is 5.74. The van der Waals surface area contributed by atoms with Crippen LogP contribution < -0.4 is 4.90 Å². The van der Waals surface area contributed by atoms with E-state index in [1.54, 1.807) is 24.7 Å². The van der Waals surface area contributed by atoms with E-state index >= 15 is 0 Å². The third-order valence-corrected chi connectivity index (χ3v) is 3.19. The van der Waals surface area contributed by atoms with Crippen LogP contribution in [-0.4, -0.2) is 28.7 Å². The summed E-state index contributed by atoms with van der Waals surface area (Å²) in [5, 5.41) is 9.58. The van der Waals surface area contributed by atoms with Gasteiger partial charge in [0.05, 0.1) is 11.6 Å². The maximum Gasteiger partial charge on any atom is 0.147 e. The minimum Gasteiger partial charge on any atom is -0.392 e. The molecule has 0 unspecified atom stereocenters. The van der Waals surface area contributed by atoms with Crippen LogP contribution >= 0.6 is 11.6 Å². The number of aromatic nitrogens is 2. The fourth-order valence-electron chi connectivity index (χ4n) is 1.79. The summed E-state index contributed by atoms with van der Waals surface area (Å²) in [5.74, 6) is 0.730. The Bertz CT molecular complexity index is 533. The molecular weight excluding hydrogens is 262 g/mol. The van der Waals surface area contributed by atoms with Crippen LogP contribution in [0.4, 0.5) is 5.82 Å². The van der Waals surface area contributed by atoms with Crippen molar-refractivity contribution in [3.63, 3.8) is 0 Å². The summed E-state index contributed by atoms with van der Waals surface area (Å²) in [5.41, 5.74) is 1.95. The molecule has 2 rings (SSSR count). The molecule has 0 atom stereocenters. The van der Waals surface area contributed by atoms with Crippen LogP contribution in [0, 0.1) is 0 Å². The van der Waals surface area contributed by atoms with Gasteiger partial charge < -0.3 is 10.0 Å². The molecule has 0 amide bonds. The molecule has 0 aliphatic heterocycles. The highest BCUT2D eigenvalue weighted by Gasteiger charge is 2.08. The first kappa shape index (κ1) is 13.8. The fraction of sp³-hybridized carbons (Fsp3) is 0.286. The molecule has 0 saturated heterocycles. The summed E-state index contributed by atoms with van der Waals surface area (Å²) >= 11 is 6.16. The molecule has 0 aliphatic rings. The Balaban J connectivity index is 2.02. The van der Waals surface area contributed by atoms with E-state index in [2.05, 4.69) is 9.97 Å². The van der Waals surface area contributed by atoms with Crippen LogP contribution in [0.1, 0.15) is 11.1 Å². The van der Waals surface area contributed by atoms with Crippen LogP contribution in [0.25, 0.3) is 0 Å². The lowest BCUT2D eigenvalue weighted by atomic mass is 10.2. The summed E-state index contributed by atoms with van der Waals surface area (Å²) in [6.07, 6.45) is 6.12.